The van der Waals surface area contributed by atoms with Gasteiger partial charge in [-0.05, 0) is 35.9 Å². The van der Waals surface area contributed by atoms with Gasteiger partial charge in [-0.2, -0.15) is 0 Å². The Labute approximate surface area is 176 Å². The molecule has 0 N–H and O–H groups in total. The predicted molar refractivity (Wildman–Crippen MR) is 111 cm³/mol. The maximum Gasteiger partial charge on any atom is 0.316 e. The Bertz CT molecular complexity index is 1100. The molecule has 0 aliphatic heterocycles. The van der Waals surface area contributed by atoms with Crippen molar-refractivity contribution in [1.29, 1.82) is 0 Å². The van der Waals surface area contributed by atoms with Gasteiger partial charge < -0.3 is 9.15 Å². The summed E-state index contributed by atoms with van der Waals surface area (Å²) < 4.78 is 12.6. The molecule has 0 radical (unpaired) electrons. The van der Waals surface area contributed by atoms with E-state index >= 15 is 0 Å². The molecule has 0 aliphatic carbocycles. The molecular weight excluding hydrogens is 410 g/mol. The van der Waals surface area contributed by atoms with Gasteiger partial charge in [-0.25, -0.2) is 0 Å². The Morgan fingerprint density at radius 2 is 1.93 bits per heavy atom. The Hall–Kier alpha value is -3.03. The Morgan fingerprint density at radius 3 is 2.69 bits per heavy atom. The van der Waals surface area contributed by atoms with Gasteiger partial charge in [0.1, 0.15) is 6.61 Å². The summed E-state index contributed by atoms with van der Waals surface area (Å²) in [5.74, 6) is 0.858. The molecule has 6 nitrogen and oxygen atoms in total. The molecular formula is C21H16ClN3O3S. The number of rotatable bonds is 7. The highest BCUT2D eigenvalue weighted by atomic mass is 35.5. The number of carbonyl (C=O) groups excluding carboxylic acids is 1. The quantitative estimate of drug-likeness (QED) is 0.306. The van der Waals surface area contributed by atoms with Gasteiger partial charge in [-0.1, -0.05) is 59.8 Å². The molecule has 4 aromatic rings. The third-order valence-electron chi connectivity index (χ3n) is 4.00. The number of nitrogens with zero attached hydrogens (tertiary/aromatic N) is 3. The van der Waals surface area contributed by atoms with Crippen molar-refractivity contribution in [2.24, 2.45) is 0 Å². The second-order valence-corrected chi connectivity index (χ2v) is 7.41. The van der Waals surface area contributed by atoms with Gasteiger partial charge in [0, 0.05) is 5.02 Å². The zero-order chi connectivity index (χ0) is 20.1. The molecule has 0 amide bonds. The number of carbonyl (C=O) groups is 1. The average molecular weight is 426 g/mol. The number of hydrogen-bond acceptors (Lipinski definition) is 6. The molecule has 4 rings (SSSR count). The number of thioether (sulfide) groups is 1. The maximum absolute atomic E-state index is 12.2. The van der Waals surface area contributed by atoms with Crippen molar-refractivity contribution in [1.82, 2.24) is 14.8 Å². The molecule has 0 saturated carbocycles. The molecule has 2 aromatic carbocycles. The second kappa shape index (κ2) is 8.98. The van der Waals surface area contributed by atoms with E-state index in [9.17, 15) is 4.79 Å². The molecule has 0 fully saturated rings. The van der Waals surface area contributed by atoms with Gasteiger partial charge in [-0.15, -0.1) is 10.2 Å². The van der Waals surface area contributed by atoms with Crippen molar-refractivity contribution in [3.05, 3.63) is 83.6 Å². The largest absolute Gasteiger partial charge is 0.461 e. The van der Waals surface area contributed by atoms with Crippen LogP contribution >= 0.6 is 23.4 Å². The molecule has 146 valence electrons. The predicted octanol–water partition coefficient (Wildman–Crippen LogP) is 5.02. The van der Waals surface area contributed by atoms with Crippen molar-refractivity contribution in [3.8, 4) is 17.3 Å². The van der Waals surface area contributed by atoms with Crippen molar-refractivity contribution < 1.29 is 13.9 Å². The zero-order valence-electron chi connectivity index (χ0n) is 15.2. The van der Waals surface area contributed by atoms with Crippen LogP contribution in [0.2, 0.25) is 5.02 Å². The number of ether oxygens (including phenoxy) is 1. The van der Waals surface area contributed by atoms with Crippen LogP contribution in [0.4, 0.5) is 0 Å². The minimum absolute atomic E-state index is 0.101. The molecule has 0 aliphatic rings. The number of benzene rings is 2. The van der Waals surface area contributed by atoms with Gasteiger partial charge in [0.15, 0.2) is 10.9 Å². The molecule has 29 heavy (non-hydrogen) atoms. The highest BCUT2D eigenvalue weighted by Gasteiger charge is 2.19. The van der Waals surface area contributed by atoms with Gasteiger partial charge in [0.2, 0.25) is 5.82 Å². The number of hydrogen-bond donors (Lipinski definition) is 0. The van der Waals surface area contributed by atoms with E-state index in [1.165, 1.54) is 11.8 Å². The van der Waals surface area contributed by atoms with Crippen LogP contribution in [-0.2, 0) is 16.1 Å². The number of aromatic nitrogens is 3. The van der Waals surface area contributed by atoms with Crippen LogP contribution in [0.5, 0.6) is 0 Å². The first-order valence-corrected chi connectivity index (χ1v) is 10.1. The van der Waals surface area contributed by atoms with Crippen LogP contribution < -0.4 is 0 Å². The first-order chi connectivity index (χ1) is 14.2. The molecule has 0 spiro atoms. The number of furan rings is 1. The lowest BCUT2D eigenvalue weighted by Crippen LogP contribution is -2.08. The Kier molecular flexibility index (Phi) is 5.97. The second-order valence-electron chi connectivity index (χ2n) is 6.03. The van der Waals surface area contributed by atoms with Crippen LogP contribution in [0.3, 0.4) is 0 Å². The third kappa shape index (κ3) is 4.70. The van der Waals surface area contributed by atoms with Gasteiger partial charge in [-0.3, -0.25) is 9.36 Å². The minimum Gasteiger partial charge on any atom is -0.461 e. The topological polar surface area (TPSA) is 70.2 Å². The van der Waals surface area contributed by atoms with Crippen LogP contribution in [0.15, 0.2) is 82.6 Å². The number of halogens is 1. The van der Waals surface area contributed by atoms with Gasteiger partial charge >= 0.3 is 5.97 Å². The van der Waals surface area contributed by atoms with Crippen LogP contribution in [0.25, 0.3) is 17.3 Å². The van der Waals surface area contributed by atoms with Gasteiger partial charge in [0.25, 0.3) is 0 Å². The Morgan fingerprint density at radius 1 is 1.07 bits per heavy atom. The SMILES string of the molecule is O=C(CSc1nnc(-c2ccco2)n1-c1cccc(Cl)c1)OCc1ccccc1. The van der Waals surface area contributed by atoms with Crippen molar-refractivity contribution in [3.63, 3.8) is 0 Å². The molecule has 0 unspecified atom stereocenters. The van der Waals surface area contributed by atoms with E-state index in [1.54, 1.807) is 35.1 Å². The van der Waals surface area contributed by atoms with E-state index in [4.69, 9.17) is 20.8 Å². The minimum atomic E-state index is -0.334. The zero-order valence-corrected chi connectivity index (χ0v) is 16.8. The first kappa shape index (κ1) is 19.3. The maximum atomic E-state index is 12.2. The molecule has 8 heteroatoms. The summed E-state index contributed by atoms with van der Waals surface area (Å²) in [5.41, 5.74) is 1.71. The summed E-state index contributed by atoms with van der Waals surface area (Å²) >= 11 is 7.40. The lowest BCUT2D eigenvalue weighted by Gasteiger charge is -2.09. The molecule has 2 aromatic heterocycles. The van der Waals surface area contributed by atoms with Crippen molar-refractivity contribution >= 4 is 29.3 Å². The van der Waals surface area contributed by atoms with Gasteiger partial charge in [0.05, 0.1) is 17.7 Å². The lowest BCUT2D eigenvalue weighted by atomic mass is 10.2. The summed E-state index contributed by atoms with van der Waals surface area (Å²) in [5, 5.41) is 9.59. The highest BCUT2D eigenvalue weighted by molar-refractivity contribution is 7.99. The third-order valence-corrected chi connectivity index (χ3v) is 5.14. The molecule has 0 atom stereocenters. The standard InChI is InChI=1S/C21H16ClN3O3S/c22-16-8-4-9-17(12-16)25-20(18-10-5-11-27-18)23-24-21(25)29-14-19(26)28-13-15-6-2-1-3-7-15/h1-12H,13-14H2. The number of esters is 1. The van der Waals surface area contributed by atoms with E-state index in [0.717, 1.165) is 11.3 Å². The molecule has 0 saturated heterocycles. The molecule has 2 heterocycles. The van der Waals surface area contributed by atoms with Crippen molar-refractivity contribution in [2.45, 2.75) is 11.8 Å². The van der Waals surface area contributed by atoms with E-state index in [2.05, 4.69) is 10.2 Å². The highest BCUT2D eigenvalue weighted by Crippen LogP contribution is 2.29. The van der Waals surface area contributed by atoms with E-state index in [0.29, 0.717) is 21.8 Å². The lowest BCUT2D eigenvalue weighted by molar-refractivity contribution is -0.141. The van der Waals surface area contributed by atoms with Crippen LogP contribution in [0.1, 0.15) is 5.56 Å². The summed E-state index contributed by atoms with van der Waals surface area (Å²) in [6.45, 7) is 0.235. The normalized spacial score (nSPS) is 10.8. The fourth-order valence-corrected chi connectivity index (χ4v) is 3.61. The summed E-state index contributed by atoms with van der Waals surface area (Å²) in [6, 6.07) is 20.4. The summed E-state index contributed by atoms with van der Waals surface area (Å²) in [4.78, 5) is 12.2. The van der Waals surface area contributed by atoms with E-state index in [-0.39, 0.29) is 18.3 Å². The fourth-order valence-electron chi connectivity index (χ4n) is 2.68. The first-order valence-electron chi connectivity index (χ1n) is 8.78. The summed E-state index contributed by atoms with van der Waals surface area (Å²) in [6.07, 6.45) is 1.57. The summed E-state index contributed by atoms with van der Waals surface area (Å²) in [7, 11) is 0. The van der Waals surface area contributed by atoms with Crippen LogP contribution in [0, 0.1) is 0 Å². The van der Waals surface area contributed by atoms with Crippen molar-refractivity contribution in [2.75, 3.05) is 5.75 Å². The van der Waals surface area contributed by atoms with E-state index in [1.807, 2.05) is 42.5 Å². The average Bonchev–Trinajstić information content (AvgIpc) is 3.41. The Balaban J connectivity index is 1.52. The fraction of sp³-hybridized carbons (Fsp3) is 0.0952. The smallest absolute Gasteiger partial charge is 0.316 e. The van der Waals surface area contributed by atoms with E-state index < -0.39 is 0 Å². The monoisotopic (exact) mass is 425 g/mol. The molecule has 0 bridgehead atoms. The van der Waals surface area contributed by atoms with Crippen LogP contribution in [-0.4, -0.2) is 26.5 Å².